The highest BCUT2D eigenvalue weighted by Crippen LogP contribution is 2.30. The molecule has 0 amide bonds. The summed E-state index contributed by atoms with van der Waals surface area (Å²) >= 11 is 0. The van der Waals surface area contributed by atoms with Gasteiger partial charge < -0.3 is 5.73 Å². The van der Waals surface area contributed by atoms with Gasteiger partial charge in [-0.25, -0.2) is 8.42 Å². The molecule has 88 valence electrons. The Kier molecular flexibility index (Phi) is 2.90. The summed E-state index contributed by atoms with van der Waals surface area (Å²) in [7, 11) is -3.25. The Balaban J connectivity index is 2.42. The van der Waals surface area contributed by atoms with E-state index in [4.69, 9.17) is 5.73 Å². The minimum atomic E-state index is -3.25. The van der Waals surface area contributed by atoms with Gasteiger partial charge in [0.1, 0.15) is 0 Å². The first kappa shape index (κ1) is 11.4. The largest absolute Gasteiger partial charge is 0.329 e. The van der Waals surface area contributed by atoms with Gasteiger partial charge >= 0.3 is 0 Å². The van der Waals surface area contributed by atoms with E-state index >= 15 is 0 Å². The molecule has 1 aliphatic heterocycles. The fraction of sp³-hybridized carbons (Fsp3) is 0.455. The lowest BCUT2D eigenvalue weighted by molar-refractivity contribution is 0.588. The van der Waals surface area contributed by atoms with Crippen LogP contribution in [-0.2, 0) is 10.0 Å². The monoisotopic (exact) mass is 240 g/mol. The summed E-state index contributed by atoms with van der Waals surface area (Å²) in [6.45, 7) is 2.65. The Morgan fingerprint density at radius 3 is 2.69 bits per heavy atom. The summed E-state index contributed by atoms with van der Waals surface area (Å²) < 4.78 is 25.7. The van der Waals surface area contributed by atoms with Crippen LogP contribution in [0, 0.1) is 6.92 Å². The lowest BCUT2D eigenvalue weighted by Gasteiger charge is -2.20. The van der Waals surface area contributed by atoms with E-state index in [0.29, 0.717) is 13.0 Å². The highest BCUT2D eigenvalue weighted by Gasteiger charge is 2.38. The van der Waals surface area contributed by atoms with Crippen LogP contribution in [0.2, 0.25) is 0 Å². The zero-order valence-electron chi connectivity index (χ0n) is 9.26. The van der Waals surface area contributed by atoms with Crippen LogP contribution in [0.1, 0.15) is 12.0 Å². The quantitative estimate of drug-likeness (QED) is 0.834. The highest BCUT2D eigenvalue weighted by atomic mass is 32.2. The van der Waals surface area contributed by atoms with Crippen molar-refractivity contribution in [1.29, 1.82) is 0 Å². The van der Waals surface area contributed by atoms with E-state index in [1.54, 1.807) is 0 Å². The van der Waals surface area contributed by atoms with E-state index in [1.165, 1.54) is 4.31 Å². The molecule has 16 heavy (non-hydrogen) atoms. The molecule has 1 aromatic rings. The van der Waals surface area contributed by atoms with Gasteiger partial charge in [-0.3, -0.25) is 4.31 Å². The van der Waals surface area contributed by atoms with Gasteiger partial charge in [-0.05, 0) is 25.0 Å². The Bertz CT molecular complexity index is 485. The third-order valence-electron chi connectivity index (χ3n) is 3.03. The number of rotatable bonds is 2. The molecule has 0 unspecified atom stereocenters. The number of benzene rings is 1. The van der Waals surface area contributed by atoms with E-state index in [0.717, 1.165) is 11.3 Å². The fourth-order valence-electron chi connectivity index (χ4n) is 2.06. The third kappa shape index (κ3) is 1.70. The zero-order valence-corrected chi connectivity index (χ0v) is 10.1. The normalized spacial score (nSPS) is 23.6. The Morgan fingerprint density at radius 1 is 1.44 bits per heavy atom. The summed E-state index contributed by atoms with van der Waals surface area (Å²) in [6, 6.07) is 7.52. The van der Waals surface area contributed by atoms with Crippen molar-refractivity contribution >= 4 is 15.7 Å². The van der Waals surface area contributed by atoms with Gasteiger partial charge in [0, 0.05) is 13.1 Å². The summed E-state index contributed by atoms with van der Waals surface area (Å²) in [4.78, 5) is 0. The first-order valence-electron chi connectivity index (χ1n) is 5.34. The molecule has 1 saturated heterocycles. The van der Waals surface area contributed by atoms with Crippen molar-refractivity contribution in [2.45, 2.75) is 18.6 Å². The molecule has 4 nitrogen and oxygen atoms in total. The van der Waals surface area contributed by atoms with Crippen molar-refractivity contribution in [3.05, 3.63) is 29.8 Å². The van der Waals surface area contributed by atoms with Crippen molar-refractivity contribution in [3.8, 4) is 0 Å². The van der Waals surface area contributed by atoms with E-state index in [2.05, 4.69) is 0 Å². The van der Waals surface area contributed by atoms with Crippen molar-refractivity contribution in [3.63, 3.8) is 0 Å². The molecule has 0 radical (unpaired) electrons. The van der Waals surface area contributed by atoms with Gasteiger partial charge in [0.05, 0.1) is 10.9 Å². The molecular formula is C11H16N2O2S. The smallest absolute Gasteiger partial charge is 0.239 e. The number of hydrogen-bond acceptors (Lipinski definition) is 3. The van der Waals surface area contributed by atoms with E-state index in [-0.39, 0.29) is 6.54 Å². The molecule has 1 aliphatic rings. The summed E-state index contributed by atoms with van der Waals surface area (Å²) in [6.07, 6.45) is 0.618. The molecule has 0 aromatic heterocycles. The number of nitrogens with two attached hydrogens (primary N) is 1. The first-order chi connectivity index (χ1) is 7.57. The molecule has 0 saturated carbocycles. The number of aryl methyl sites for hydroxylation is 1. The van der Waals surface area contributed by atoms with Crippen LogP contribution >= 0.6 is 0 Å². The molecule has 1 fully saturated rings. The maximum absolute atomic E-state index is 12.1. The molecule has 1 aromatic carbocycles. The predicted octanol–water partition coefficient (Wildman–Crippen LogP) is 0.862. The molecule has 2 rings (SSSR count). The number of anilines is 1. The molecule has 0 bridgehead atoms. The second kappa shape index (κ2) is 4.07. The van der Waals surface area contributed by atoms with Crippen molar-refractivity contribution in [2.75, 3.05) is 17.4 Å². The molecule has 0 aliphatic carbocycles. The fourth-order valence-corrected chi connectivity index (χ4v) is 3.90. The number of hydrogen-bond donors (Lipinski definition) is 1. The minimum Gasteiger partial charge on any atom is -0.329 e. The molecule has 5 heteroatoms. The highest BCUT2D eigenvalue weighted by molar-refractivity contribution is 7.93. The van der Waals surface area contributed by atoms with E-state index in [1.807, 2.05) is 31.2 Å². The Hall–Kier alpha value is -1.07. The lowest BCUT2D eigenvalue weighted by Crippen LogP contribution is -2.33. The van der Waals surface area contributed by atoms with Gasteiger partial charge in [-0.15, -0.1) is 0 Å². The van der Waals surface area contributed by atoms with Gasteiger partial charge in [-0.1, -0.05) is 18.2 Å². The van der Waals surface area contributed by atoms with Gasteiger partial charge in [0.25, 0.3) is 0 Å². The average molecular weight is 240 g/mol. The molecule has 2 N–H and O–H groups in total. The number of nitrogens with zero attached hydrogens (tertiary/aromatic N) is 1. The van der Waals surface area contributed by atoms with Crippen LogP contribution in [0.15, 0.2) is 24.3 Å². The van der Waals surface area contributed by atoms with Crippen LogP contribution in [0.25, 0.3) is 0 Å². The summed E-state index contributed by atoms with van der Waals surface area (Å²) in [5.41, 5.74) is 7.23. The maximum atomic E-state index is 12.1. The van der Waals surface area contributed by atoms with Crippen molar-refractivity contribution in [2.24, 2.45) is 5.73 Å². The zero-order chi connectivity index (χ0) is 11.8. The first-order valence-corrected chi connectivity index (χ1v) is 6.85. The van der Waals surface area contributed by atoms with Crippen LogP contribution in [0.4, 0.5) is 5.69 Å². The van der Waals surface area contributed by atoms with Crippen LogP contribution in [0.3, 0.4) is 0 Å². The average Bonchev–Trinajstić information content (AvgIpc) is 2.54. The lowest BCUT2D eigenvalue weighted by atomic mass is 10.2. The van der Waals surface area contributed by atoms with Gasteiger partial charge in [-0.2, -0.15) is 0 Å². The molecule has 1 heterocycles. The summed E-state index contributed by atoms with van der Waals surface area (Å²) in [5, 5.41) is -0.424. The summed E-state index contributed by atoms with van der Waals surface area (Å²) in [5.74, 6) is 0. The second-order valence-corrected chi connectivity index (χ2v) is 6.19. The second-order valence-electron chi connectivity index (χ2n) is 4.05. The topological polar surface area (TPSA) is 63.4 Å². The molecule has 0 spiro atoms. The number of sulfonamides is 1. The molecular weight excluding hydrogens is 224 g/mol. The van der Waals surface area contributed by atoms with Gasteiger partial charge in [0.2, 0.25) is 10.0 Å². The van der Waals surface area contributed by atoms with Crippen molar-refractivity contribution in [1.82, 2.24) is 0 Å². The minimum absolute atomic E-state index is 0.199. The van der Waals surface area contributed by atoms with Gasteiger partial charge in [0.15, 0.2) is 0 Å². The van der Waals surface area contributed by atoms with Crippen LogP contribution in [-0.4, -0.2) is 26.8 Å². The third-order valence-corrected chi connectivity index (χ3v) is 5.29. The van der Waals surface area contributed by atoms with E-state index in [9.17, 15) is 8.42 Å². The Labute approximate surface area is 96.1 Å². The number of para-hydroxylation sites is 1. The predicted molar refractivity (Wildman–Crippen MR) is 64.9 cm³/mol. The SMILES string of the molecule is Cc1ccccc1N1CC[C@@H](CN)S1(=O)=O. The molecule has 1 atom stereocenters. The van der Waals surface area contributed by atoms with Crippen LogP contribution in [0.5, 0.6) is 0 Å². The Morgan fingerprint density at radius 2 is 2.12 bits per heavy atom. The van der Waals surface area contributed by atoms with Crippen molar-refractivity contribution < 1.29 is 8.42 Å². The maximum Gasteiger partial charge on any atom is 0.239 e. The standard InChI is InChI=1S/C11H16N2O2S/c1-9-4-2-3-5-11(9)13-7-6-10(8-12)16(13,14)15/h2-5,10H,6-8,12H2,1H3/t10-/m0/s1. The van der Waals surface area contributed by atoms with Crippen LogP contribution < -0.4 is 10.0 Å². The van der Waals surface area contributed by atoms with E-state index < -0.39 is 15.3 Å².